The van der Waals surface area contributed by atoms with Gasteiger partial charge in [-0.1, -0.05) is 18.2 Å². The quantitative estimate of drug-likeness (QED) is 0.809. The van der Waals surface area contributed by atoms with Crippen molar-refractivity contribution in [3.63, 3.8) is 0 Å². The predicted octanol–water partition coefficient (Wildman–Crippen LogP) is 2.60. The van der Waals surface area contributed by atoms with Crippen LogP contribution in [0.15, 0.2) is 24.3 Å². The molecule has 26 heavy (non-hydrogen) atoms. The lowest BCUT2D eigenvalue weighted by molar-refractivity contribution is 0.0945. The number of hydrogen-bond acceptors (Lipinski definition) is 4. The minimum atomic E-state index is -0.199. The summed E-state index contributed by atoms with van der Waals surface area (Å²) in [6, 6.07) is 8.08. The number of rotatable bonds is 5. The Kier molecular flexibility index (Phi) is 5.42. The molecule has 0 radical (unpaired) electrons. The number of morpholine rings is 1. The van der Waals surface area contributed by atoms with Crippen LogP contribution in [0.1, 0.15) is 44.6 Å². The fourth-order valence-corrected chi connectivity index (χ4v) is 3.54. The third kappa shape index (κ3) is 3.65. The van der Waals surface area contributed by atoms with Gasteiger partial charge in [-0.25, -0.2) is 0 Å². The van der Waals surface area contributed by atoms with Crippen molar-refractivity contribution in [3.05, 3.63) is 52.3 Å². The van der Waals surface area contributed by atoms with E-state index in [0.29, 0.717) is 23.4 Å². The number of aromatic nitrogens is 1. The van der Waals surface area contributed by atoms with Crippen LogP contribution in [0.5, 0.6) is 0 Å². The molecule has 0 saturated carbocycles. The van der Waals surface area contributed by atoms with Crippen molar-refractivity contribution < 1.29 is 14.3 Å². The number of nitrogens with one attached hydrogen (secondary N) is 2. The zero-order valence-corrected chi connectivity index (χ0v) is 15.5. The van der Waals surface area contributed by atoms with E-state index >= 15 is 0 Å². The van der Waals surface area contributed by atoms with E-state index in [0.717, 1.165) is 43.2 Å². The summed E-state index contributed by atoms with van der Waals surface area (Å²) in [5.41, 5.74) is 4.68. The number of carbonyl (C=O) groups excluding carboxylic acids is 2. The molecule has 1 aromatic carbocycles. The van der Waals surface area contributed by atoms with Gasteiger partial charge in [-0.3, -0.25) is 9.59 Å². The van der Waals surface area contributed by atoms with E-state index in [2.05, 4.69) is 21.3 Å². The van der Waals surface area contributed by atoms with E-state index in [1.54, 1.807) is 6.92 Å². The van der Waals surface area contributed by atoms with Gasteiger partial charge in [0.1, 0.15) is 5.69 Å². The van der Waals surface area contributed by atoms with Crippen LogP contribution in [-0.2, 0) is 11.3 Å². The van der Waals surface area contributed by atoms with Crippen LogP contribution in [0, 0.1) is 13.8 Å². The monoisotopic (exact) mass is 355 g/mol. The number of nitrogens with zero attached hydrogens (tertiary/aromatic N) is 1. The molecule has 2 N–H and O–H groups in total. The first kappa shape index (κ1) is 18.2. The molecule has 6 nitrogen and oxygen atoms in total. The number of benzene rings is 1. The zero-order chi connectivity index (χ0) is 18.7. The highest BCUT2D eigenvalue weighted by Crippen LogP contribution is 2.22. The number of ether oxygens (including phenoxy) is 1. The number of H-pyrrole nitrogens is 1. The van der Waals surface area contributed by atoms with Gasteiger partial charge >= 0.3 is 0 Å². The fourth-order valence-electron chi connectivity index (χ4n) is 3.54. The largest absolute Gasteiger partial charge is 0.378 e. The van der Waals surface area contributed by atoms with Crippen molar-refractivity contribution in [2.24, 2.45) is 0 Å². The molecule has 0 spiro atoms. The van der Waals surface area contributed by atoms with Crippen molar-refractivity contribution in [1.29, 1.82) is 0 Å². The lowest BCUT2D eigenvalue weighted by Gasteiger charge is -2.30. The zero-order valence-electron chi connectivity index (χ0n) is 15.5. The topological polar surface area (TPSA) is 74.4 Å². The summed E-state index contributed by atoms with van der Waals surface area (Å²) in [5, 5.41) is 2.98. The number of carbonyl (C=O) groups is 2. The number of aromatic amines is 1. The average Bonchev–Trinajstić information content (AvgIpc) is 2.95. The summed E-state index contributed by atoms with van der Waals surface area (Å²) < 4.78 is 5.42. The van der Waals surface area contributed by atoms with E-state index in [1.807, 2.05) is 25.1 Å². The summed E-state index contributed by atoms with van der Waals surface area (Å²) in [6.45, 7) is 8.70. The molecule has 1 fully saturated rings. The van der Waals surface area contributed by atoms with Crippen LogP contribution in [0.3, 0.4) is 0 Å². The molecule has 6 heteroatoms. The Hall–Kier alpha value is -2.60. The third-order valence-electron chi connectivity index (χ3n) is 4.80. The SMILES string of the molecule is CC(=O)c1c(C)[nH]c(C(=O)NCc2ccccc2N2CCOCC2)c1C. The molecule has 0 atom stereocenters. The second-order valence-corrected chi connectivity index (χ2v) is 6.59. The smallest absolute Gasteiger partial charge is 0.268 e. The predicted molar refractivity (Wildman–Crippen MR) is 101 cm³/mol. The highest BCUT2D eigenvalue weighted by Gasteiger charge is 2.20. The van der Waals surface area contributed by atoms with E-state index in [-0.39, 0.29) is 11.7 Å². The summed E-state index contributed by atoms with van der Waals surface area (Å²) in [4.78, 5) is 29.7. The standard InChI is InChI=1S/C20H25N3O3/c1-13-18(15(3)24)14(2)22-19(13)20(25)21-12-16-6-4-5-7-17(16)23-8-10-26-11-9-23/h4-7,22H,8-12H2,1-3H3,(H,21,25). The first-order chi connectivity index (χ1) is 12.5. The molecule has 2 heterocycles. The average molecular weight is 355 g/mol. The Morgan fingerprint density at radius 3 is 2.54 bits per heavy atom. The highest BCUT2D eigenvalue weighted by molar-refractivity contribution is 6.02. The van der Waals surface area contributed by atoms with Gasteiger partial charge in [0.25, 0.3) is 5.91 Å². The van der Waals surface area contributed by atoms with Crippen LogP contribution in [-0.4, -0.2) is 43.0 Å². The van der Waals surface area contributed by atoms with Crippen molar-refractivity contribution in [2.45, 2.75) is 27.3 Å². The molecule has 1 aliphatic rings. The summed E-state index contributed by atoms with van der Waals surface area (Å²) in [6.07, 6.45) is 0. The number of para-hydroxylation sites is 1. The Labute approximate surface area is 153 Å². The van der Waals surface area contributed by atoms with Gasteiger partial charge in [0.2, 0.25) is 0 Å². The second kappa shape index (κ2) is 7.74. The molecule has 0 aliphatic carbocycles. The fraction of sp³-hybridized carbons (Fsp3) is 0.400. The normalized spacial score (nSPS) is 14.3. The van der Waals surface area contributed by atoms with Crippen molar-refractivity contribution in [3.8, 4) is 0 Å². The van der Waals surface area contributed by atoms with Gasteiger partial charge in [0, 0.05) is 36.6 Å². The number of anilines is 1. The molecule has 2 aromatic rings. The molecule has 1 amide bonds. The van der Waals surface area contributed by atoms with Gasteiger partial charge in [-0.05, 0) is 38.0 Å². The Bertz CT molecular complexity index is 820. The van der Waals surface area contributed by atoms with Crippen molar-refractivity contribution in [2.75, 3.05) is 31.2 Å². The lowest BCUT2D eigenvalue weighted by Crippen LogP contribution is -2.37. The number of hydrogen-bond donors (Lipinski definition) is 2. The number of ketones is 1. The van der Waals surface area contributed by atoms with Gasteiger partial charge in [0.15, 0.2) is 5.78 Å². The van der Waals surface area contributed by atoms with Crippen LogP contribution >= 0.6 is 0 Å². The van der Waals surface area contributed by atoms with Gasteiger partial charge in [0.05, 0.1) is 13.2 Å². The lowest BCUT2D eigenvalue weighted by atomic mass is 10.1. The van der Waals surface area contributed by atoms with E-state index < -0.39 is 0 Å². The third-order valence-corrected chi connectivity index (χ3v) is 4.80. The Morgan fingerprint density at radius 2 is 1.88 bits per heavy atom. The highest BCUT2D eigenvalue weighted by atomic mass is 16.5. The van der Waals surface area contributed by atoms with Crippen LogP contribution in [0.4, 0.5) is 5.69 Å². The van der Waals surface area contributed by atoms with Gasteiger partial charge in [-0.15, -0.1) is 0 Å². The number of Topliss-reactive ketones (excluding diaryl/α,β-unsaturated/α-hetero) is 1. The summed E-state index contributed by atoms with van der Waals surface area (Å²) >= 11 is 0. The first-order valence-electron chi connectivity index (χ1n) is 8.88. The molecule has 0 unspecified atom stereocenters. The minimum absolute atomic E-state index is 0.0343. The van der Waals surface area contributed by atoms with E-state index in [4.69, 9.17) is 4.74 Å². The van der Waals surface area contributed by atoms with Crippen LogP contribution in [0.2, 0.25) is 0 Å². The molecule has 3 rings (SSSR count). The molecular formula is C20H25N3O3. The van der Waals surface area contributed by atoms with E-state index in [1.165, 1.54) is 6.92 Å². The minimum Gasteiger partial charge on any atom is -0.378 e. The summed E-state index contributed by atoms with van der Waals surface area (Å²) in [5.74, 6) is -0.233. The maximum absolute atomic E-state index is 12.6. The molecule has 0 bridgehead atoms. The summed E-state index contributed by atoms with van der Waals surface area (Å²) in [7, 11) is 0. The van der Waals surface area contributed by atoms with Crippen LogP contribution in [0.25, 0.3) is 0 Å². The number of aryl methyl sites for hydroxylation is 1. The van der Waals surface area contributed by atoms with E-state index in [9.17, 15) is 9.59 Å². The van der Waals surface area contributed by atoms with Gasteiger partial charge < -0.3 is 19.9 Å². The Balaban J connectivity index is 1.75. The van der Waals surface area contributed by atoms with Crippen molar-refractivity contribution in [1.82, 2.24) is 10.3 Å². The number of amides is 1. The van der Waals surface area contributed by atoms with Gasteiger partial charge in [-0.2, -0.15) is 0 Å². The molecule has 1 saturated heterocycles. The maximum atomic E-state index is 12.6. The molecule has 1 aromatic heterocycles. The van der Waals surface area contributed by atoms with Crippen LogP contribution < -0.4 is 10.2 Å². The molecule has 1 aliphatic heterocycles. The molecular weight excluding hydrogens is 330 g/mol. The Morgan fingerprint density at radius 1 is 1.19 bits per heavy atom. The second-order valence-electron chi connectivity index (χ2n) is 6.59. The van der Waals surface area contributed by atoms with Crippen molar-refractivity contribution >= 4 is 17.4 Å². The first-order valence-corrected chi connectivity index (χ1v) is 8.88. The maximum Gasteiger partial charge on any atom is 0.268 e. The molecule has 138 valence electrons.